The first-order valence-corrected chi connectivity index (χ1v) is 10.8. The Kier molecular flexibility index (Phi) is 6.92. The van der Waals surface area contributed by atoms with Crippen LogP contribution in [0.25, 0.3) is 0 Å². The molecule has 2 unspecified atom stereocenters. The molecule has 0 aliphatic carbocycles. The van der Waals surface area contributed by atoms with Crippen molar-refractivity contribution in [3.63, 3.8) is 0 Å². The summed E-state index contributed by atoms with van der Waals surface area (Å²) in [4.78, 5) is 22.5. The minimum absolute atomic E-state index is 0.0545. The Labute approximate surface area is 185 Å². The molecule has 1 amide bonds. The second kappa shape index (κ2) is 9.85. The molecular weight excluding hydrogens is 418 g/mol. The van der Waals surface area contributed by atoms with Crippen LogP contribution in [0, 0.1) is 0 Å². The quantitative estimate of drug-likeness (QED) is 0.504. The molecule has 10 heteroatoms. The van der Waals surface area contributed by atoms with Crippen LogP contribution in [0.3, 0.4) is 0 Å². The molecule has 3 heterocycles. The molecule has 0 bridgehead atoms. The largest absolute Gasteiger partial charge is 0.390 e. The molecule has 2 atom stereocenters. The van der Waals surface area contributed by atoms with Crippen LogP contribution in [0.2, 0.25) is 0 Å². The number of carbonyl (C=O) groups is 1. The number of benzene rings is 1. The minimum atomic E-state index is -2.91. The summed E-state index contributed by atoms with van der Waals surface area (Å²) in [6.45, 7) is 2.20. The van der Waals surface area contributed by atoms with Gasteiger partial charge in [0.15, 0.2) is 0 Å². The maximum atomic E-state index is 14.0. The van der Waals surface area contributed by atoms with Gasteiger partial charge in [-0.2, -0.15) is 0 Å². The van der Waals surface area contributed by atoms with E-state index < -0.39 is 30.5 Å². The highest BCUT2D eigenvalue weighted by Gasteiger charge is 2.41. The van der Waals surface area contributed by atoms with E-state index in [2.05, 4.69) is 43.0 Å². The molecule has 32 heavy (non-hydrogen) atoms. The number of aromatic nitrogens is 2. The van der Waals surface area contributed by atoms with Crippen molar-refractivity contribution in [1.82, 2.24) is 25.5 Å². The molecule has 1 aromatic heterocycles. The third-order valence-electron chi connectivity index (χ3n) is 5.88. The Morgan fingerprint density at radius 3 is 2.94 bits per heavy atom. The van der Waals surface area contributed by atoms with Gasteiger partial charge in [0.05, 0.1) is 18.7 Å². The number of piperidine rings is 1. The van der Waals surface area contributed by atoms with Gasteiger partial charge in [-0.25, -0.2) is 18.7 Å². The number of alkyl halides is 2. The second-order valence-corrected chi connectivity index (χ2v) is 8.33. The van der Waals surface area contributed by atoms with Crippen LogP contribution in [0.4, 0.5) is 14.6 Å². The summed E-state index contributed by atoms with van der Waals surface area (Å²) >= 11 is 0. The molecule has 0 spiro atoms. The molecule has 4 rings (SSSR count). The standard InChI is InChI=1S/C22H28F2N6O2/c23-22(24)13-25-7-5-19(22)29-20-9-18(27-14-28-20)21(32)26-10-17(31)12-30-8-6-15-3-1-2-4-16(15)11-30/h1-4,9,14,17,19,25,31H,5-8,10-13H2,(H,26,32)(H,27,28,29). The van der Waals surface area contributed by atoms with Crippen LogP contribution >= 0.6 is 0 Å². The van der Waals surface area contributed by atoms with E-state index in [0.29, 0.717) is 13.1 Å². The Hall–Kier alpha value is -2.69. The number of nitrogens with zero attached hydrogens (tertiary/aromatic N) is 3. The van der Waals surface area contributed by atoms with Gasteiger partial charge in [0.1, 0.15) is 17.8 Å². The molecule has 1 saturated heterocycles. The average Bonchev–Trinajstić information content (AvgIpc) is 2.79. The topological polar surface area (TPSA) is 102 Å². The summed E-state index contributed by atoms with van der Waals surface area (Å²) in [5.74, 6) is -3.23. The first-order valence-electron chi connectivity index (χ1n) is 10.8. The van der Waals surface area contributed by atoms with Crippen LogP contribution in [0.15, 0.2) is 36.7 Å². The van der Waals surface area contributed by atoms with Gasteiger partial charge < -0.3 is 21.1 Å². The predicted molar refractivity (Wildman–Crippen MR) is 116 cm³/mol. The number of nitrogens with one attached hydrogen (secondary N) is 3. The molecule has 2 aliphatic heterocycles. The zero-order chi connectivity index (χ0) is 22.6. The van der Waals surface area contributed by atoms with Crippen molar-refractivity contribution >= 4 is 11.7 Å². The van der Waals surface area contributed by atoms with Gasteiger partial charge in [0.2, 0.25) is 0 Å². The van der Waals surface area contributed by atoms with E-state index in [-0.39, 0.29) is 24.5 Å². The number of hydrogen-bond acceptors (Lipinski definition) is 7. The summed E-state index contributed by atoms with van der Waals surface area (Å²) in [5, 5.41) is 18.4. The summed E-state index contributed by atoms with van der Waals surface area (Å²) in [5.41, 5.74) is 2.65. The molecule has 0 saturated carbocycles. The van der Waals surface area contributed by atoms with E-state index in [9.17, 15) is 18.7 Å². The van der Waals surface area contributed by atoms with Crippen molar-refractivity contribution in [2.45, 2.75) is 37.5 Å². The Bertz CT molecular complexity index is 944. The van der Waals surface area contributed by atoms with Crippen molar-refractivity contribution < 1.29 is 18.7 Å². The number of carbonyl (C=O) groups excluding carboxylic acids is 1. The Morgan fingerprint density at radius 1 is 1.31 bits per heavy atom. The van der Waals surface area contributed by atoms with Gasteiger partial charge >= 0.3 is 0 Å². The molecule has 1 aromatic carbocycles. The molecule has 1 fully saturated rings. The third-order valence-corrected chi connectivity index (χ3v) is 5.88. The lowest BCUT2D eigenvalue weighted by molar-refractivity contribution is -0.0322. The number of aliphatic hydroxyl groups is 1. The number of halogens is 2. The van der Waals surface area contributed by atoms with Gasteiger partial charge in [-0.05, 0) is 30.5 Å². The lowest BCUT2D eigenvalue weighted by Gasteiger charge is -2.32. The molecule has 172 valence electrons. The first kappa shape index (κ1) is 22.5. The highest BCUT2D eigenvalue weighted by atomic mass is 19.3. The molecule has 8 nitrogen and oxygen atoms in total. The summed E-state index contributed by atoms with van der Waals surface area (Å²) in [7, 11) is 0. The van der Waals surface area contributed by atoms with Crippen molar-refractivity contribution in [2.24, 2.45) is 0 Å². The van der Waals surface area contributed by atoms with Crippen LogP contribution in [0.1, 0.15) is 28.0 Å². The number of β-amino-alcohol motifs (C(OH)–C–C–N with tert-alkyl or cyclic N) is 1. The number of hydrogen-bond donors (Lipinski definition) is 4. The number of fused-ring (bicyclic) bond motifs is 1. The minimum Gasteiger partial charge on any atom is -0.390 e. The molecular formula is C22H28F2N6O2. The third kappa shape index (κ3) is 5.56. The lowest BCUT2D eigenvalue weighted by Crippen LogP contribution is -2.53. The number of anilines is 1. The van der Waals surface area contributed by atoms with Crippen LogP contribution < -0.4 is 16.0 Å². The van der Waals surface area contributed by atoms with Gasteiger partial charge in [0.25, 0.3) is 11.8 Å². The number of rotatable bonds is 7. The van der Waals surface area contributed by atoms with Gasteiger partial charge in [-0.15, -0.1) is 0 Å². The zero-order valence-corrected chi connectivity index (χ0v) is 17.7. The molecule has 2 aromatic rings. The second-order valence-electron chi connectivity index (χ2n) is 8.33. The van der Waals surface area contributed by atoms with Crippen molar-refractivity contribution in [2.75, 3.05) is 38.0 Å². The Morgan fingerprint density at radius 2 is 2.12 bits per heavy atom. The number of aliphatic hydroxyl groups excluding tert-OH is 1. The normalized spacial score (nSPS) is 21.4. The molecule has 4 N–H and O–H groups in total. The van der Waals surface area contributed by atoms with Crippen LogP contribution in [-0.2, 0) is 13.0 Å². The van der Waals surface area contributed by atoms with E-state index in [1.165, 1.54) is 17.2 Å². The van der Waals surface area contributed by atoms with Crippen molar-refractivity contribution in [3.8, 4) is 0 Å². The smallest absolute Gasteiger partial charge is 0.279 e. The lowest BCUT2D eigenvalue weighted by atomic mass is 10.00. The molecule has 2 aliphatic rings. The van der Waals surface area contributed by atoms with E-state index in [1.807, 2.05) is 12.1 Å². The van der Waals surface area contributed by atoms with Gasteiger partial charge in [0, 0.05) is 32.2 Å². The Balaban J connectivity index is 1.27. The van der Waals surface area contributed by atoms with E-state index in [4.69, 9.17) is 0 Å². The zero-order valence-electron chi connectivity index (χ0n) is 17.7. The fourth-order valence-electron chi connectivity index (χ4n) is 4.13. The monoisotopic (exact) mass is 446 g/mol. The van der Waals surface area contributed by atoms with Crippen LogP contribution in [0.5, 0.6) is 0 Å². The van der Waals surface area contributed by atoms with Crippen LogP contribution in [-0.4, -0.2) is 76.7 Å². The SMILES string of the molecule is O=C(NCC(O)CN1CCc2ccccc2C1)c1cc(NC2CCNCC2(F)F)ncn1. The van der Waals surface area contributed by atoms with Gasteiger partial charge in [-0.3, -0.25) is 9.69 Å². The maximum Gasteiger partial charge on any atom is 0.279 e. The predicted octanol–water partition coefficient (Wildman–Crippen LogP) is 1.03. The van der Waals surface area contributed by atoms with E-state index in [1.54, 1.807) is 0 Å². The van der Waals surface area contributed by atoms with Gasteiger partial charge in [-0.1, -0.05) is 24.3 Å². The van der Waals surface area contributed by atoms with E-state index >= 15 is 0 Å². The average molecular weight is 447 g/mol. The van der Waals surface area contributed by atoms with E-state index in [0.717, 1.165) is 25.8 Å². The highest BCUT2D eigenvalue weighted by molar-refractivity contribution is 5.92. The molecule has 0 radical (unpaired) electrons. The summed E-state index contributed by atoms with van der Waals surface area (Å²) in [6, 6.07) is 8.55. The van der Waals surface area contributed by atoms with Crippen molar-refractivity contribution in [1.29, 1.82) is 0 Å². The highest BCUT2D eigenvalue weighted by Crippen LogP contribution is 2.26. The fourth-order valence-corrected chi connectivity index (χ4v) is 4.13. The maximum absolute atomic E-state index is 14.0. The van der Waals surface area contributed by atoms with Crippen molar-refractivity contribution in [3.05, 3.63) is 53.5 Å². The summed E-state index contributed by atoms with van der Waals surface area (Å²) < 4.78 is 28.0. The number of amides is 1. The first-order chi connectivity index (χ1) is 15.4. The summed E-state index contributed by atoms with van der Waals surface area (Å²) in [6.07, 6.45) is 1.60. The fraction of sp³-hybridized carbons (Fsp3) is 0.500.